The second-order valence-electron chi connectivity index (χ2n) is 5.88. The lowest BCUT2D eigenvalue weighted by Gasteiger charge is -2.38. The summed E-state index contributed by atoms with van der Waals surface area (Å²) in [6.45, 7) is 3.45. The molecule has 1 aromatic carbocycles. The number of benzene rings is 1. The van der Waals surface area contributed by atoms with E-state index in [0.717, 1.165) is 17.7 Å². The highest BCUT2D eigenvalue weighted by Crippen LogP contribution is 2.47. The highest BCUT2D eigenvalue weighted by molar-refractivity contribution is 6.33. The van der Waals surface area contributed by atoms with Crippen LogP contribution in [0.25, 0.3) is 0 Å². The van der Waals surface area contributed by atoms with Crippen LogP contribution in [0.1, 0.15) is 24.8 Å². The SMILES string of the molecule is CCOC(=O)N1CCC2C(C1)c1cccc(Cl)c1N2CC(N)=O. The largest absolute Gasteiger partial charge is 0.450 e. The van der Waals surface area contributed by atoms with Crippen molar-refractivity contribution in [1.82, 2.24) is 4.90 Å². The van der Waals surface area contributed by atoms with Crippen molar-refractivity contribution in [3.8, 4) is 0 Å². The molecule has 0 aliphatic carbocycles. The summed E-state index contributed by atoms with van der Waals surface area (Å²) >= 11 is 6.36. The maximum Gasteiger partial charge on any atom is 0.409 e. The van der Waals surface area contributed by atoms with Crippen LogP contribution in [0.4, 0.5) is 10.5 Å². The number of amides is 2. The molecule has 2 amide bonds. The standard InChI is InChI=1S/C16H20ClN3O3/c1-2-23-16(22)19-7-6-13-11(8-19)10-4-3-5-12(17)15(10)20(13)9-14(18)21/h3-5,11,13H,2,6-9H2,1H3,(H2,18,21). The Morgan fingerprint density at radius 1 is 1.43 bits per heavy atom. The highest BCUT2D eigenvalue weighted by atomic mass is 35.5. The number of hydrogen-bond donors (Lipinski definition) is 1. The Bertz CT molecular complexity index is 637. The van der Waals surface area contributed by atoms with Crippen molar-refractivity contribution in [3.63, 3.8) is 0 Å². The number of fused-ring (bicyclic) bond motifs is 3. The number of para-hydroxylation sites is 1. The Morgan fingerprint density at radius 3 is 2.91 bits per heavy atom. The molecule has 7 heteroatoms. The quantitative estimate of drug-likeness (QED) is 0.914. The van der Waals surface area contributed by atoms with Crippen LogP contribution in [-0.4, -0.2) is 49.2 Å². The maximum absolute atomic E-state index is 12.0. The fourth-order valence-corrected chi connectivity index (χ4v) is 3.95. The van der Waals surface area contributed by atoms with Gasteiger partial charge in [-0.1, -0.05) is 23.7 Å². The summed E-state index contributed by atoms with van der Waals surface area (Å²) in [5, 5.41) is 0.612. The molecule has 0 radical (unpaired) electrons. The van der Waals surface area contributed by atoms with Crippen molar-refractivity contribution < 1.29 is 14.3 Å². The summed E-state index contributed by atoms with van der Waals surface area (Å²) in [6.07, 6.45) is 0.463. The molecule has 1 saturated heterocycles. The van der Waals surface area contributed by atoms with Gasteiger partial charge in [0.15, 0.2) is 0 Å². The van der Waals surface area contributed by atoms with Gasteiger partial charge in [0, 0.05) is 25.0 Å². The molecule has 2 aliphatic rings. The second kappa shape index (κ2) is 6.28. The van der Waals surface area contributed by atoms with Gasteiger partial charge in [-0.05, 0) is 25.0 Å². The number of likely N-dealkylation sites (tertiary alicyclic amines) is 1. The molecule has 1 aromatic rings. The van der Waals surface area contributed by atoms with Gasteiger partial charge in [0.05, 0.1) is 23.9 Å². The van der Waals surface area contributed by atoms with E-state index in [0.29, 0.717) is 24.7 Å². The minimum Gasteiger partial charge on any atom is -0.450 e. The van der Waals surface area contributed by atoms with Gasteiger partial charge in [-0.15, -0.1) is 0 Å². The molecular weight excluding hydrogens is 318 g/mol. The summed E-state index contributed by atoms with van der Waals surface area (Å²) in [5.74, 6) is -0.273. The van der Waals surface area contributed by atoms with Crippen LogP contribution in [0.2, 0.25) is 5.02 Å². The van der Waals surface area contributed by atoms with E-state index in [1.54, 1.807) is 11.8 Å². The Kier molecular flexibility index (Phi) is 4.35. The number of anilines is 1. The summed E-state index contributed by atoms with van der Waals surface area (Å²) in [6, 6.07) is 5.85. The van der Waals surface area contributed by atoms with E-state index >= 15 is 0 Å². The minimum atomic E-state index is -0.385. The predicted octanol–water partition coefficient (Wildman–Crippen LogP) is 1.96. The molecule has 23 heavy (non-hydrogen) atoms. The number of carbonyl (C=O) groups is 2. The van der Waals surface area contributed by atoms with Crippen LogP contribution in [0.3, 0.4) is 0 Å². The van der Waals surface area contributed by atoms with Crippen LogP contribution in [0.5, 0.6) is 0 Å². The van der Waals surface area contributed by atoms with Gasteiger partial charge in [0.25, 0.3) is 0 Å². The van der Waals surface area contributed by atoms with Gasteiger partial charge in [0.2, 0.25) is 5.91 Å². The first-order chi connectivity index (χ1) is 11.0. The van der Waals surface area contributed by atoms with Crippen molar-refractivity contribution in [1.29, 1.82) is 0 Å². The maximum atomic E-state index is 12.0. The third kappa shape index (κ3) is 2.83. The van der Waals surface area contributed by atoms with Gasteiger partial charge in [-0.3, -0.25) is 4.79 Å². The normalized spacial score (nSPS) is 22.5. The predicted molar refractivity (Wildman–Crippen MR) is 87.7 cm³/mol. The first-order valence-electron chi connectivity index (χ1n) is 7.78. The molecule has 2 atom stereocenters. The van der Waals surface area contributed by atoms with Crippen molar-refractivity contribution in [2.24, 2.45) is 5.73 Å². The number of carbonyl (C=O) groups excluding carboxylic acids is 2. The van der Waals surface area contributed by atoms with Crippen molar-refractivity contribution in [2.75, 3.05) is 31.1 Å². The Hall–Kier alpha value is -1.95. The van der Waals surface area contributed by atoms with E-state index in [9.17, 15) is 9.59 Å². The van der Waals surface area contributed by atoms with Crippen LogP contribution in [-0.2, 0) is 9.53 Å². The molecule has 0 aromatic heterocycles. The molecule has 124 valence electrons. The number of rotatable bonds is 3. The Balaban J connectivity index is 1.91. The molecule has 0 bridgehead atoms. The van der Waals surface area contributed by atoms with Gasteiger partial charge < -0.3 is 20.3 Å². The minimum absolute atomic E-state index is 0.112. The van der Waals surface area contributed by atoms with E-state index in [2.05, 4.69) is 0 Å². The molecule has 2 unspecified atom stereocenters. The van der Waals surface area contributed by atoms with Crippen LogP contribution in [0.15, 0.2) is 18.2 Å². The van der Waals surface area contributed by atoms with E-state index in [-0.39, 0.29) is 30.5 Å². The zero-order valence-electron chi connectivity index (χ0n) is 13.0. The van der Waals surface area contributed by atoms with Crippen molar-refractivity contribution >= 4 is 29.3 Å². The van der Waals surface area contributed by atoms with Gasteiger partial charge in [-0.2, -0.15) is 0 Å². The molecule has 6 nitrogen and oxygen atoms in total. The topological polar surface area (TPSA) is 75.9 Å². The lowest BCUT2D eigenvalue weighted by Crippen LogP contribution is -2.50. The number of halogens is 1. The molecule has 3 rings (SSSR count). The number of nitrogens with zero attached hydrogens (tertiary/aromatic N) is 2. The van der Waals surface area contributed by atoms with E-state index in [4.69, 9.17) is 22.1 Å². The molecule has 2 heterocycles. The number of hydrogen-bond acceptors (Lipinski definition) is 4. The van der Waals surface area contributed by atoms with E-state index in [1.807, 2.05) is 23.1 Å². The average molecular weight is 338 g/mol. The summed E-state index contributed by atoms with van der Waals surface area (Å²) in [4.78, 5) is 27.2. The summed E-state index contributed by atoms with van der Waals surface area (Å²) < 4.78 is 5.11. The fourth-order valence-electron chi connectivity index (χ4n) is 3.66. The van der Waals surface area contributed by atoms with Crippen LogP contribution in [0, 0.1) is 0 Å². The lowest BCUT2D eigenvalue weighted by atomic mass is 9.89. The van der Waals surface area contributed by atoms with E-state index < -0.39 is 0 Å². The van der Waals surface area contributed by atoms with Crippen molar-refractivity contribution in [3.05, 3.63) is 28.8 Å². The lowest BCUT2D eigenvalue weighted by molar-refractivity contribution is -0.116. The third-order valence-corrected chi connectivity index (χ3v) is 4.84. The monoisotopic (exact) mass is 337 g/mol. The molecule has 2 N–H and O–H groups in total. The number of nitrogens with two attached hydrogens (primary N) is 1. The highest BCUT2D eigenvalue weighted by Gasteiger charge is 2.44. The molecule has 2 aliphatic heterocycles. The first kappa shape index (κ1) is 15.9. The van der Waals surface area contributed by atoms with Gasteiger partial charge >= 0.3 is 6.09 Å². The summed E-state index contributed by atoms with van der Waals surface area (Å²) in [5.41, 5.74) is 7.34. The van der Waals surface area contributed by atoms with Gasteiger partial charge in [0.1, 0.15) is 0 Å². The number of piperidine rings is 1. The fraction of sp³-hybridized carbons (Fsp3) is 0.500. The Morgan fingerprint density at radius 2 is 2.22 bits per heavy atom. The number of primary amides is 1. The third-order valence-electron chi connectivity index (χ3n) is 4.53. The van der Waals surface area contributed by atoms with Crippen LogP contribution < -0.4 is 10.6 Å². The Labute approximate surface area is 140 Å². The second-order valence-corrected chi connectivity index (χ2v) is 6.29. The first-order valence-corrected chi connectivity index (χ1v) is 8.15. The summed E-state index contributed by atoms with van der Waals surface area (Å²) in [7, 11) is 0. The molecule has 1 fully saturated rings. The van der Waals surface area contributed by atoms with Crippen LogP contribution >= 0.6 is 11.6 Å². The molecular formula is C16H20ClN3O3. The molecule has 0 saturated carbocycles. The zero-order chi connectivity index (χ0) is 16.6. The zero-order valence-corrected chi connectivity index (χ0v) is 13.8. The van der Waals surface area contributed by atoms with E-state index in [1.165, 1.54) is 0 Å². The van der Waals surface area contributed by atoms with Crippen molar-refractivity contribution in [2.45, 2.75) is 25.3 Å². The average Bonchev–Trinajstić information content (AvgIpc) is 2.82. The smallest absolute Gasteiger partial charge is 0.409 e. The number of ether oxygens (including phenoxy) is 1. The van der Waals surface area contributed by atoms with Gasteiger partial charge in [-0.25, -0.2) is 4.79 Å². The molecule has 0 spiro atoms.